The number of aliphatic hydroxyl groups is 1. The van der Waals surface area contributed by atoms with Crippen molar-refractivity contribution in [3.05, 3.63) is 93.0 Å². The Morgan fingerprint density at radius 1 is 1.03 bits per heavy atom. The maximum absolute atomic E-state index is 11.3. The molecule has 7 heteroatoms. The number of nitrogens with one attached hydrogen (secondary N) is 1. The van der Waals surface area contributed by atoms with Gasteiger partial charge in [-0.2, -0.15) is 0 Å². The monoisotopic (exact) mass is 529 g/mol. The van der Waals surface area contributed by atoms with Crippen molar-refractivity contribution >= 4 is 29.2 Å². The smallest absolute Gasteiger partial charge is 0.335 e. The van der Waals surface area contributed by atoms with Crippen LogP contribution in [0.2, 0.25) is 10.0 Å². The van der Waals surface area contributed by atoms with Crippen LogP contribution in [0.3, 0.4) is 0 Å². The molecule has 3 aromatic carbocycles. The van der Waals surface area contributed by atoms with E-state index in [9.17, 15) is 15.0 Å². The lowest BCUT2D eigenvalue weighted by molar-refractivity contribution is -0.00397. The van der Waals surface area contributed by atoms with Gasteiger partial charge in [-0.1, -0.05) is 59.6 Å². The van der Waals surface area contributed by atoms with Gasteiger partial charge >= 0.3 is 5.97 Å². The van der Waals surface area contributed by atoms with Gasteiger partial charge in [0.2, 0.25) is 0 Å². The molecule has 0 bridgehead atoms. The predicted molar refractivity (Wildman–Crippen MR) is 146 cm³/mol. The fourth-order valence-electron chi connectivity index (χ4n) is 4.22. The molecule has 0 aromatic heterocycles. The Morgan fingerprint density at radius 2 is 1.75 bits per heavy atom. The van der Waals surface area contributed by atoms with Crippen LogP contribution in [-0.4, -0.2) is 41.0 Å². The summed E-state index contributed by atoms with van der Waals surface area (Å²) in [4.78, 5) is 11.3. The van der Waals surface area contributed by atoms with Gasteiger partial charge in [0.05, 0.1) is 34.4 Å². The number of rotatable bonds is 11. The molecule has 0 saturated carbocycles. The number of carbonyl (C=O) groups is 1. The zero-order valence-electron chi connectivity index (χ0n) is 21.0. The van der Waals surface area contributed by atoms with Crippen molar-refractivity contribution in [1.82, 2.24) is 5.32 Å². The molecule has 0 aliphatic carbocycles. The molecule has 5 nitrogen and oxygen atoms in total. The molecule has 0 aliphatic rings. The highest BCUT2D eigenvalue weighted by atomic mass is 35.5. The molecular formula is C29H33Cl2NO4. The summed E-state index contributed by atoms with van der Waals surface area (Å²) >= 11 is 12.2. The number of ether oxygens (including phenoxy) is 1. The normalized spacial score (nSPS) is 13.4. The largest absolute Gasteiger partial charge is 0.478 e. The first-order valence-electron chi connectivity index (χ1n) is 11.9. The molecule has 1 unspecified atom stereocenters. The topological polar surface area (TPSA) is 78.8 Å². The molecule has 0 amide bonds. The summed E-state index contributed by atoms with van der Waals surface area (Å²) in [5.74, 6) is -0.947. The number of hydrogen-bond acceptors (Lipinski definition) is 4. The van der Waals surface area contributed by atoms with Crippen LogP contribution < -0.4 is 5.32 Å². The van der Waals surface area contributed by atoms with Crippen molar-refractivity contribution in [2.75, 3.05) is 13.2 Å². The van der Waals surface area contributed by atoms with E-state index >= 15 is 0 Å². The SMILES string of the molecule is Cc1cc(C(=O)O)ccc1-c1ccccc1C(C)OC[C@H](O)CNC(C)(C)Cc1ccc(Cl)c(Cl)c1. The molecule has 192 valence electrons. The van der Waals surface area contributed by atoms with Crippen molar-refractivity contribution in [1.29, 1.82) is 0 Å². The molecule has 2 atom stereocenters. The maximum atomic E-state index is 11.3. The molecule has 0 radical (unpaired) electrons. The van der Waals surface area contributed by atoms with Crippen molar-refractivity contribution in [3.63, 3.8) is 0 Å². The first kappa shape index (κ1) is 28.2. The van der Waals surface area contributed by atoms with Gasteiger partial charge in [0.1, 0.15) is 0 Å². The quantitative estimate of drug-likeness (QED) is 0.257. The fourth-order valence-corrected chi connectivity index (χ4v) is 4.54. The second kappa shape index (κ2) is 12.2. The van der Waals surface area contributed by atoms with Crippen molar-refractivity contribution in [3.8, 4) is 11.1 Å². The van der Waals surface area contributed by atoms with E-state index in [1.807, 2.05) is 56.3 Å². The standard InChI is InChI=1S/C29H33Cl2NO4/c1-18-13-21(28(34)35)10-11-23(18)25-8-6-5-7-24(25)19(2)36-17-22(33)16-32-29(3,4)15-20-9-12-26(30)27(31)14-20/h5-14,19,22,32-33H,15-17H2,1-4H3,(H,34,35)/t19?,22-/m1/s1. The number of benzene rings is 3. The maximum Gasteiger partial charge on any atom is 0.335 e. The Labute approximate surface area is 223 Å². The van der Waals surface area contributed by atoms with Crippen LogP contribution >= 0.6 is 23.2 Å². The van der Waals surface area contributed by atoms with Crippen LogP contribution in [0.5, 0.6) is 0 Å². The number of β-amino-alcohol motifs (C(OH)–C–C–N with tert-alkyl or cyclic N) is 1. The Kier molecular flexibility index (Phi) is 9.56. The molecule has 0 saturated heterocycles. The number of aromatic carboxylic acids is 1. The summed E-state index contributed by atoms with van der Waals surface area (Å²) in [6, 6.07) is 18.6. The molecule has 0 heterocycles. The van der Waals surface area contributed by atoms with Gasteiger partial charge in [0.15, 0.2) is 0 Å². The molecular weight excluding hydrogens is 497 g/mol. The number of aliphatic hydroxyl groups excluding tert-OH is 1. The Morgan fingerprint density at radius 3 is 2.42 bits per heavy atom. The lowest BCUT2D eigenvalue weighted by Crippen LogP contribution is -2.46. The predicted octanol–water partition coefficient (Wildman–Crippen LogP) is 6.72. The van der Waals surface area contributed by atoms with Crippen LogP contribution in [0.1, 0.15) is 53.9 Å². The lowest BCUT2D eigenvalue weighted by atomic mass is 9.92. The minimum Gasteiger partial charge on any atom is -0.478 e. The number of halogens is 2. The zero-order chi connectivity index (χ0) is 26.5. The molecule has 0 spiro atoms. The van der Waals surface area contributed by atoms with Crippen LogP contribution in [0.15, 0.2) is 60.7 Å². The first-order chi connectivity index (χ1) is 17.0. The minimum atomic E-state index is -0.947. The fraction of sp³-hybridized carbons (Fsp3) is 0.345. The third kappa shape index (κ3) is 7.55. The number of carboxylic acid groups (broad SMARTS) is 1. The van der Waals surface area contributed by atoms with Crippen molar-refractivity contribution < 1.29 is 19.7 Å². The van der Waals surface area contributed by atoms with Gasteiger partial charge in [-0.05, 0) is 86.2 Å². The first-order valence-corrected chi connectivity index (χ1v) is 12.6. The van der Waals surface area contributed by atoms with Gasteiger partial charge in [0, 0.05) is 12.1 Å². The Balaban J connectivity index is 1.59. The molecule has 0 fully saturated rings. The number of hydrogen-bond donors (Lipinski definition) is 3. The van der Waals surface area contributed by atoms with Gasteiger partial charge < -0.3 is 20.3 Å². The molecule has 3 aromatic rings. The molecule has 0 aliphatic heterocycles. The second-order valence-corrected chi connectivity index (χ2v) is 10.6. The highest BCUT2D eigenvalue weighted by Gasteiger charge is 2.21. The summed E-state index contributed by atoms with van der Waals surface area (Å²) in [6.45, 7) is 8.54. The van der Waals surface area contributed by atoms with Crippen molar-refractivity contribution in [2.45, 2.75) is 51.9 Å². The minimum absolute atomic E-state index is 0.169. The third-order valence-corrected chi connectivity index (χ3v) is 6.89. The summed E-state index contributed by atoms with van der Waals surface area (Å²) < 4.78 is 6.05. The second-order valence-electron chi connectivity index (χ2n) is 9.74. The lowest BCUT2D eigenvalue weighted by Gasteiger charge is -2.28. The summed E-state index contributed by atoms with van der Waals surface area (Å²) in [7, 11) is 0. The zero-order valence-corrected chi connectivity index (χ0v) is 22.5. The van der Waals surface area contributed by atoms with E-state index in [0.29, 0.717) is 16.6 Å². The highest BCUT2D eigenvalue weighted by molar-refractivity contribution is 6.42. The van der Waals surface area contributed by atoms with Crippen LogP contribution in [0.25, 0.3) is 11.1 Å². The third-order valence-electron chi connectivity index (χ3n) is 6.15. The van der Waals surface area contributed by atoms with E-state index in [2.05, 4.69) is 19.2 Å². The average Bonchev–Trinajstić information content (AvgIpc) is 2.83. The van der Waals surface area contributed by atoms with Gasteiger partial charge in [-0.15, -0.1) is 0 Å². The van der Waals surface area contributed by atoms with E-state index in [1.165, 1.54) is 0 Å². The Bertz CT molecular complexity index is 1210. The number of carboxylic acids is 1. The van der Waals surface area contributed by atoms with Crippen LogP contribution in [-0.2, 0) is 11.2 Å². The van der Waals surface area contributed by atoms with Gasteiger partial charge in [-0.25, -0.2) is 4.79 Å². The van der Waals surface area contributed by atoms with E-state index < -0.39 is 12.1 Å². The summed E-state index contributed by atoms with van der Waals surface area (Å²) in [6.07, 6.45) is -0.232. The van der Waals surface area contributed by atoms with Gasteiger partial charge in [-0.3, -0.25) is 0 Å². The molecule has 3 N–H and O–H groups in total. The van der Waals surface area contributed by atoms with Crippen molar-refractivity contribution in [2.24, 2.45) is 0 Å². The van der Waals surface area contributed by atoms with E-state index in [4.69, 9.17) is 27.9 Å². The van der Waals surface area contributed by atoms with E-state index in [-0.39, 0.29) is 23.8 Å². The van der Waals surface area contributed by atoms with Crippen LogP contribution in [0, 0.1) is 6.92 Å². The highest BCUT2D eigenvalue weighted by Crippen LogP contribution is 2.32. The van der Waals surface area contributed by atoms with E-state index in [1.54, 1.807) is 18.2 Å². The Hall–Kier alpha value is -2.41. The summed E-state index contributed by atoms with van der Waals surface area (Å²) in [5, 5.41) is 24.3. The van der Waals surface area contributed by atoms with Crippen LogP contribution in [0.4, 0.5) is 0 Å². The molecule has 36 heavy (non-hydrogen) atoms. The van der Waals surface area contributed by atoms with E-state index in [0.717, 1.165) is 34.2 Å². The summed E-state index contributed by atoms with van der Waals surface area (Å²) in [5.41, 5.74) is 4.84. The average molecular weight is 530 g/mol. The number of aryl methyl sites for hydroxylation is 1. The van der Waals surface area contributed by atoms with Gasteiger partial charge in [0.25, 0.3) is 0 Å². The molecule has 3 rings (SSSR count).